The molecule has 1 aromatic carbocycles. The minimum Gasteiger partial charge on any atom is -0.389 e. The Hall–Kier alpha value is -1.02. The third-order valence-corrected chi connectivity index (χ3v) is 6.00. The first kappa shape index (κ1) is 16.4. The molecule has 1 aliphatic heterocycles. The first-order valence-electron chi connectivity index (χ1n) is 6.89. The fourth-order valence-electron chi connectivity index (χ4n) is 2.59. The molecule has 1 fully saturated rings. The number of hydrogen-bond donors (Lipinski definition) is 1. The van der Waals surface area contributed by atoms with E-state index in [-0.39, 0.29) is 15.9 Å². The Morgan fingerprint density at radius 3 is 2.67 bits per heavy atom. The van der Waals surface area contributed by atoms with E-state index in [1.807, 2.05) is 14.1 Å². The van der Waals surface area contributed by atoms with E-state index in [4.69, 9.17) is 18.0 Å². The first-order chi connectivity index (χ1) is 9.84. The summed E-state index contributed by atoms with van der Waals surface area (Å²) in [4.78, 5) is 2.38. The summed E-state index contributed by atoms with van der Waals surface area (Å²) >= 11 is 4.97. The third-order valence-electron chi connectivity index (χ3n) is 3.86. The SMILES string of the molecule is CN(C)C1CCCN(S(=O)(=O)c2ccccc2C(N)=S)C1. The lowest BCUT2D eigenvalue weighted by molar-refractivity contribution is 0.190. The zero-order valence-corrected chi connectivity index (χ0v) is 14.0. The van der Waals surface area contributed by atoms with Crippen molar-refractivity contribution >= 4 is 27.2 Å². The molecule has 0 aromatic heterocycles. The molecule has 0 aliphatic carbocycles. The van der Waals surface area contributed by atoms with E-state index in [0.29, 0.717) is 18.7 Å². The van der Waals surface area contributed by atoms with Crippen LogP contribution in [0.2, 0.25) is 0 Å². The van der Waals surface area contributed by atoms with Crippen molar-refractivity contribution in [3.8, 4) is 0 Å². The standard InChI is InChI=1S/C14H21N3O2S2/c1-16(2)11-6-5-9-17(10-11)21(18,19)13-8-4-3-7-12(13)14(15)20/h3-4,7-8,11H,5-6,9-10H2,1-2H3,(H2,15,20). The molecule has 7 heteroatoms. The lowest BCUT2D eigenvalue weighted by atomic mass is 10.1. The number of hydrogen-bond acceptors (Lipinski definition) is 4. The fourth-order valence-corrected chi connectivity index (χ4v) is 4.56. The van der Waals surface area contributed by atoms with Crippen LogP contribution in [-0.2, 0) is 10.0 Å². The largest absolute Gasteiger partial charge is 0.389 e. The molecule has 116 valence electrons. The van der Waals surface area contributed by atoms with Crippen molar-refractivity contribution in [1.82, 2.24) is 9.21 Å². The molecule has 1 aliphatic rings. The maximum atomic E-state index is 12.9. The summed E-state index contributed by atoms with van der Waals surface area (Å²) in [5.74, 6) is 0. The molecule has 0 saturated carbocycles. The second-order valence-electron chi connectivity index (χ2n) is 5.48. The number of nitrogens with zero attached hydrogens (tertiary/aromatic N) is 2. The Morgan fingerprint density at radius 2 is 2.05 bits per heavy atom. The average molecular weight is 327 g/mol. The highest BCUT2D eigenvalue weighted by Gasteiger charge is 2.32. The lowest BCUT2D eigenvalue weighted by Gasteiger charge is -2.35. The van der Waals surface area contributed by atoms with Crippen LogP contribution in [0.25, 0.3) is 0 Å². The lowest BCUT2D eigenvalue weighted by Crippen LogP contribution is -2.47. The summed E-state index contributed by atoms with van der Waals surface area (Å²) in [6.07, 6.45) is 1.87. The smallest absolute Gasteiger partial charge is 0.243 e. The minimum atomic E-state index is -3.56. The van der Waals surface area contributed by atoms with Gasteiger partial charge in [0.05, 0.1) is 4.90 Å². The maximum absolute atomic E-state index is 12.9. The van der Waals surface area contributed by atoms with Crippen LogP contribution >= 0.6 is 12.2 Å². The first-order valence-corrected chi connectivity index (χ1v) is 8.74. The van der Waals surface area contributed by atoms with Crippen molar-refractivity contribution < 1.29 is 8.42 Å². The van der Waals surface area contributed by atoms with Gasteiger partial charge in [-0.1, -0.05) is 30.4 Å². The highest BCUT2D eigenvalue weighted by atomic mass is 32.2. The third kappa shape index (κ3) is 3.42. The molecular weight excluding hydrogens is 306 g/mol. The van der Waals surface area contributed by atoms with Crippen LogP contribution in [0.15, 0.2) is 29.2 Å². The van der Waals surface area contributed by atoms with E-state index in [2.05, 4.69) is 4.90 Å². The zero-order valence-electron chi connectivity index (χ0n) is 12.3. The van der Waals surface area contributed by atoms with Gasteiger partial charge in [0.15, 0.2) is 0 Å². The second kappa shape index (κ2) is 6.39. The summed E-state index contributed by atoms with van der Waals surface area (Å²) in [6.45, 7) is 1.04. The molecule has 1 unspecified atom stereocenters. The molecule has 1 aromatic rings. The van der Waals surface area contributed by atoms with Gasteiger partial charge in [0.2, 0.25) is 10.0 Å². The van der Waals surface area contributed by atoms with Crippen LogP contribution in [0.4, 0.5) is 0 Å². The number of thiocarbonyl (C=S) groups is 1. The molecule has 0 radical (unpaired) electrons. The van der Waals surface area contributed by atoms with E-state index >= 15 is 0 Å². The molecular formula is C14H21N3O2S2. The van der Waals surface area contributed by atoms with Gasteiger partial charge in [0.25, 0.3) is 0 Å². The predicted molar refractivity (Wildman–Crippen MR) is 87.8 cm³/mol. The number of rotatable bonds is 4. The van der Waals surface area contributed by atoms with E-state index in [0.717, 1.165) is 12.8 Å². The van der Waals surface area contributed by atoms with Gasteiger partial charge >= 0.3 is 0 Å². The number of nitrogens with two attached hydrogens (primary N) is 1. The van der Waals surface area contributed by atoms with Gasteiger partial charge < -0.3 is 10.6 Å². The highest BCUT2D eigenvalue weighted by molar-refractivity contribution is 7.89. The van der Waals surface area contributed by atoms with Crippen LogP contribution in [0.3, 0.4) is 0 Å². The van der Waals surface area contributed by atoms with Gasteiger partial charge in [-0.3, -0.25) is 0 Å². The molecule has 1 atom stereocenters. The topological polar surface area (TPSA) is 66.6 Å². The molecule has 2 N–H and O–H groups in total. The van der Waals surface area contributed by atoms with Gasteiger partial charge in [-0.15, -0.1) is 0 Å². The Labute approximate surface area is 131 Å². The van der Waals surface area contributed by atoms with Crippen molar-refractivity contribution in [3.05, 3.63) is 29.8 Å². The quantitative estimate of drug-likeness (QED) is 0.837. The number of benzene rings is 1. The number of sulfonamides is 1. The molecule has 1 heterocycles. The molecule has 5 nitrogen and oxygen atoms in total. The Balaban J connectivity index is 2.36. The average Bonchev–Trinajstić information content (AvgIpc) is 2.47. The van der Waals surface area contributed by atoms with Crippen molar-refractivity contribution in [1.29, 1.82) is 0 Å². The van der Waals surface area contributed by atoms with E-state index < -0.39 is 10.0 Å². The van der Waals surface area contributed by atoms with Gasteiger partial charge in [0, 0.05) is 24.7 Å². The van der Waals surface area contributed by atoms with Crippen LogP contribution in [-0.4, -0.2) is 55.8 Å². The van der Waals surface area contributed by atoms with Crippen LogP contribution < -0.4 is 5.73 Å². The monoisotopic (exact) mass is 327 g/mol. The summed E-state index contributed by atoms with van der Waals surface area (Å²) < 4.78 is 27.3. The van der Waals surface area contributed by atoms with Crippen molar-refractivity contribution in [3.63, 3.8) is 0 Å². The molecule has 21 heavy (non-hydrogen) atoms. The van der Waals surface area contributed by atoms with E-state index in [1.54, 1.807) is 24.3 Å². The second-order valence-corrected chi connectivity index (χ2v) is 7.83. The summed E-state index contributed by atoms with van der Waals surface area (Å²) in [5, 5.41) is 0. The van der Waals surface area contributed by atoms with Crippen molar-refractivity contribution in [2.24, 2.45) is 5.73 Å². The summed E-state index contributed by atoms with van der Waals surface area (Å²) in [7, 11) is 0.387. The highest BCUT2D eigenvalue weighted by Crippen LogP contribution is 2.24. The van der Waals surface area contributed by atoms with Gasteiger partial charge in [-0.05, 0) is 33.0 Å². The van der Waals surface area contributed by atoms with Gasteiger partial charge in [0.1, 0.15) is 4.99 Å². The minimum absolute atomic E-state index is 0.107. The molecule has 0 bridgehead atoms. The molecule has 0 amide bonds. The van der Waals surface area contributed by atoms with Gasteiger partial charge in [-0.25, -0.2) is 8.42 Å². The molecule has 2 rings (SSSR count). The van der Waals surface area contributed by atoms with Crippen molar-refractivity contribution in [2.45, 2.75) is 23.8 Å². The maximum Gasteiger partial charge on any atom is 0.243 e. The predicted octanol–water partition coefficient (Wildman–Crippen LogP) is 1.04. The normalized spacial score (nSPS) is 20.6. The summed E-state index contributed by atoms with van der Waals surface area (Å²) in [5.41, 5.74) is 6.07. The fraction of sp³-hybridized carbons (Fsp3) is 0.500. The van der Waals surface area contributed by atoms with E-state index in [1.165, 1.54) is 4.31 Å². The Morgan fingerprint density at radius 1 is 1.38 bits per heavy atom. The van der Waals surface area contributed by atoms with Crippen molar-refractivity contribution in [2.75, 3.05) is 27.2 Å². The molecule has 0 spiro atoms. The van der Waals surface area contributed by atoms with Crippen LogP contribution in [0, 0.1) is 0 Å². The van der Waals surface area contributed by atoms with E-state index in [9.17, 15) is 8.42 Å². The molecule has 1 saturated heterocycles. The number of piperidine rings is 1. The summed E-state index contributed by atoms with van der Waals surface area (Å²) in [6, 6.07) is 6.91. The van der Waals surface area contributed by atoms with Crippen LogP contribution in [0.1, 0.15) is 18.4 Å². The Kier molecular flexibility index (Phi) is 4.98. The number of likely N-dealkylation sites (N-methyl/N-ethyl adjacent to an activating group) is 1. The Bertz CT molecular complexity index is 629. The van der Waals surface area contributed by atoms with Crippen LogP contribution in [0.5, 0.6) is 0 Å². The zero-order chi connectivity index (χ0) is 15.6. The van der Waals surface area contributed by atoms with Gasteiger partial charge in [-0.2, -0.15) is 4.31 Å².